The lowest BCUT2D eigenvalue weighted by Gasteiger charge is -2.40. The number of fused-ring (bicyclic) bond motifs is 2. The second-order valence-electron chi connectivity index (χ2n) is 6.81. The predicted molar refractivity (Wildman–Crippen MR) is 83.0 cm³/mol. The molecule has 2 aliphatic heterocycles. The number of amides is 1. The third-order valence-electron chi connectivity index (χ3n) is 5.67. The lowest BCUT2D eigenvalue weighted by atomic mass is 9.86. The standard InChI is InChI=1S/C18H24N2O/c21-18(20-10-4-7-13-6-3-9-17(13)20)16-12-19-11-14-5-1-2-8-15(14)16/h1-2,5,8,13,16-17,19H,3-4,6-7,9-12H2. The fourth-order valence-electron chi connectivity index (χ4n) is 4.64. The molecule has 2 fully saturated rings. The number of hydrogen-bond acceptors (Lipinski definition) is 2. The summed E-state index contributed by atoms with van der Waals surface area (Å²) in [4.78, 5) is 15.4. The van der Waals surface area contributed by atoms with Gasteiger partial charge in [-0.2, -0.15) is 0 Å². The van der Waals surface area contributed by atoms with Crippen LogP contribution in [-0.4, -0.2) is 29.9 Å². The molecule has 0 aromatic heterocycles. The topological polar surface area (TPSA) is 32.3 Å². The molecule has 1 aromatic carbocycles. The number of carbonyl (C=O) groups excluding carboxylic acids is 1. The predicted octanol–water partition coefficient (Wildman–Crippen LogP) is 2.66. The molecule has 1 saturated heterocycles. The Morgan fingerprint density at radius 1 is 1.14 bits per heavy atom. The van der Waals surface area contributed by atoms with Crippen molar-refractivity contribution in [3.8, 4) is 0 Å². The molecule has 3 nitrogen and oxygen atoms in total. The Kier molecular flexibility index (Phi) is 3.46. The fraction of sp³-hybridized carbons (Fsp3) is 0.611. The van der Waals surface area contributed by atoms with Crippen molar-refractivity contribution in [2.24, 2.45) is 5.92 Å². The van der Waals surface area contributed by atoms with E-state index < -0.39 is 0 Å². The molecule has 1 saturated carbocycles. The molecule has 3 aliphatic rings. The second-order valence-corrected chi connectivity index (χ2v) is 6.81. The largest absolute Gasteiger partial charge is 0.339 e. The van der Waals surface area contributed by atoms with E-state index in [1.807, 2.05) is 0 Å². The summed E-state index contributed by atoms with van der Waals surface area (Å²) in [6.07, 6.45) is 6.37. The summed E-state index contributed by atoms with van der Waals surface area (Å²) in [6, 6.07) is 8.96. The van der Waals surface area contributed by atoms with Crippen molar-refractivity contribution in [2.45, 2.75) is 50.6 Å². The van der Waals surface area contributed by atoms with Crippen LogP contribution in [-0.2, 0) is 11.3 Å². The quantitative estimate of drug-likeness (QED) is 0.860. The van der Waals surface area contributed by atoms with Crippen LogP contribution in [0.15, 0.2) is 24.3 Å². The maximum atomic E-state index is 13.1. The van der Waals surface area contributed by atoms with Crippen LogP contribution >= 0.6 is 0 Å². The highest BCUT2D eigenvalue weighted by Crippen LogP contribution is 2.38. The van der Waals surface area contributed by atoms with Gasteiger partial charge in [0, 0.05) is 25.7 Å². The number of likely N-dealkylation sites (tertiary alicyclic amines) is 1. The highest BCUT2D eigenvalue weighted by Gasteiger charge is 2.40. The second kappa shape index (κ2) is 5.45. The lowest BCUT2D eigenvalue weighted by molar-refractivity contribution is -0.137. The number of benzene rings is 1. The van der Waals surface area contributed by atoms with Gasteiger partial charge in [-0.1, -0.05) is 30.7 Å². The van der Waals surface area contributed by atoms with Crippen molar-refractivity contribution in [1.29, 1.82) is 0 Å². The smallest absolute Gasteiger partial charge is 0.231 e. The number of nitrogens with one attached hydrogen (secondary N) is 1. The van der Waals surface area contributed by atoms with Crippen LogP contribution in [0, 0.1) is 5.92 Å². The first-order chi connectivity index (χ1) is 10.3. The molecule has 3 unspecified atom stereocenters. The number of rotatable bonds is 1. The van der Waals surface area contributed by atoms with Crippen LogP contribution in [0.1, 0.15) is 49.1 Å². The van der Waals surface area contributed by atoms with E-state index in [2.05, 4.69) is 34.5 Å². The van der Waals surface area contributed by atoms with Gasteiger partial charge in [-0.25, -0.2) is 0 Å². The molecule has 4 rings (SSSR count). The Balaban J connectivity index is 1.60. The first-order valence-corrected chi connectivity index (χ1v) is 8.43. The van der Waals surface area contributed by atoms with Crippen LogP contribution in [0.25, 0.3) is 0 Å². The van der Waals surface area contributed by atoms with Crippen molar-refractivity contribution < 1.29 is 4.79 Å². The van der Waals surface area contributed by atoms with E-state index >= 15 is 0 Å². The third-order valence-corrected chi connectivity index (χ3v) is 5.67. The maximum Gasteiger partial charge on any atom is 0.231 e. The molecule has 3 atom stereocenters. The van der Waals surface area contributed by atoms with E-state index in [1.54, 1.807) is 0 Å². The number of hydrogen-bond donors (Lipinski definition) is 1. The minimum Gasteiger partial charge on any atom is -0.339 e. The summed E-state index contributed by atoms with van der Waals surface area (Å²) in [7, 11) is 0. The van der Waals surface area contributed by atoms with E-state index in [-0.39, 0.29) is 5.92 Å². The molecule has 0 bridgehead atoms. The summed E-state index contributed by atoms with van der Waals surface area (Å²) in [6.45, 7) is 2.66. The molecular weight excluding hydrogens is 260 g/mol. The Labute approximate surface area is 126 Å². The third kappa shape index (κ3) is 2.28. The number of piperidine rings is 1. The minimum absolute atomic E-state index is 0.0225. The minimum atomic E-state index is 0.0225. The summed E-state index contributed by atoms with van der Waals surface area (Å²) in [5.41, 5.74) is 2.54. The Hall–Kier alpha value is -1.35. The zero-order valence-electron chi connectivity index (χ0n) is 12.6. The maximum absolute atomic E-state index is 13.1. The van der Waals surface area contributed by atoms with Crippen molar-refractivity contribution in [3.63, 3.8) is 0 Å². The molecule has 3 heteroatoms. The van der Waals surface area contributed by atoms with Crippen molar-refractivity contribution in [1.82, 2.24) is 10.2 Å². The van der Waals surface area contributed by atoms with E-state index in [1.165, 1.54) is 43.2 Å². The molecule has 2 heterocycles. The zero-order chi connectivity index (χ0) is 14.2. The molecule has 1 amide bonds. The van der Waals surface area contributed by atoms with Gasteiger partial charge in [0.15, 0.2) is 0 Å². The van der Waals surface area contributed by atoms with Gasteiger partial charge in [0.25, 0.3) is 0 Å². The first-order valence-electron chi connectivity index (χ1n) is 8.43. The monoisotopic (exact) mass is 284 g/mol. The summed E-state index contributed by atoms with van der Waals surface area (Å²) < 4.78 is 0. The fourth-order valence-corrected chi connectivity index (χ4v) is 4.64. The highest BCUT2D eigenvalue weighted by atomic mass is 16.2. The van der Waals surface area contributed by atoms with Crippen LogP contribution in [0.3, 0.4) is 0 Å². The van der Waals surface area contributed by atoms with E-state index in [4.69, 9.17) is 0 Å². The molecule has 1 N–H and O–H groups in total. The van der Waals surface area contributed by atoms with Crippen molar-refractivity contribution >= 4 is 5.91 Å². The molecule has 0 spiro atoms. The molecule has 0 radical (unpaired) electrons. The lowest BCUT2D eigenvalue weighted by Crippen LogP contribution is -2.50. The van der Waals surface area contributed by atoms with Gasteiger partial charge in [0.2, 0.25) is 5.91 Å². The number of nitrogens with zero attached hydrogens (tertiary/aromatic N) is 1. The van der Waals surface area contributed by atoms with Gasteiger partial charge >= 0.3 is 0 Å². The molecular formula is C18H24N2O. The highest BCUT2D eigenvalue weighted by molar-refractivity contribution is 5.85. The molecule has 112 valence electrons. The van der Waals surface area contributed by atoms with Crippen LogP contribution in [0.2, 0.25) is 0 Å². The van der Waals surface area contributed by atoms with Crippen molar-refractivity contribution in [2.75, 3.05) is 13.1 Å². The average Bonchev–Trinajstić information content (AvgIpc) is 3.02. The van der Waals surface area contributed by atoms with Crippen LogP contribution in [0.4, 0.5) is 0 Å². The van der Waals surface area contributed by atoms with Gasteiger partial charge in [-0.3, -0.25) is 4.79 Å². The van der Waals surface area contributed by atoms with E-state index in [0.29, 0.717) is 11.9 Å². The normalized spacial score (nSPS) is 31.6. The molecule has 21 heavy (non-hydrogen) atoms. The molecule has 1 aromatic rings. The van der Waals surface area contributed by atoms with Gasteiger partial charge in [0.1, 0.15) is 0 Å². The van der Waals surface area contributed by atoms with Gasteiger partial charge in [0.05, 0.1) is 5.92 Å². The SMILES string of the molecule is O=C(C1CNCc2ccccc21)N1CCCC2CCCC21. The average molecular weight is 284 g/mol. The Morgan fingerprint density at radius 2 is 2.00 bits per heavy atom. The summed E-state index contributed by atoms with van der Waals surface area (Å²) >= 11 is 0. The number of carbonyl (C=O) groups is 1. The van der Waals surface area contributed by atoms with Crippen molar-refractivity contribution in [3.05, 3.63) is 35.4 Å². The van der Waals surface area contributed by atoms with Gasteiger partial charge in [-0.05, 0) is 42.7 Å². The van der Waals surface area contributed by atoms with E-state index in [9.17, 15) is 4.79 Å². The molecule has 1 aliphatic carbocycles. The Bertz CT molecular complexity index is 542. The van der Waals surface area contributed by atoms with Gasteiger partial charge < -0.3 is 10.2 Å². The summed E-state index contributed by atoms with van der Waals surface area (Å²) in [5, 5.41) is 3.42. The van der Waals surface area contributed by atoms with Crippen LogP contribution in [0.5, 0.6) is 0 Å². The summed E-state index contributed by atoms with van der Waals surface area (Å²) in [5.74, 6) is 1.16. The van der Waals surface area contributed by atoms with E-state index in [0.717, 1.165) is 25.6 Å². The first kappa shape index (κ1) is 13.3. The zero-order valence-corrected chi connectivity index (χ0v) is 12.6. The van der Waals surface area contributed by atoms with Crippen LogP contribution < -0.4 is 5.32 Å². The Morgan fingerprint density at radius 3 is 2.95 bits per heavy atom. The van der Waals surface area contributed by atoms with Gasteiger partial charge in [-0.15, -0.1) is 0 Å².